The maximum Gasteiger partial charge on any atom is 0.264 e. The number of benzene rings is 3. The summed E-state index contributed by atoms with van der Waals surface area (Å²) in [7, 11) is 0. The Labute approximate surface area is 209 Å². The number of anilines is 1. The van der Waals surface area contributed by atoms with Gasteiger partial charge in [-0.2, -0.15) is 5.26 Å². The fraction of sp³-hybridized carbons (Fsp3) is 0.115. The molecular weight excluding hydrogens is 517 g/mol. The van der Waals surface area contributed by atoms with E-state index in [0.29, 0.717) is 12.1 Å². The van der Waals surface area contributed by atoms with Crippen LogP contribution in [-0.2, 0) is 22.6 Å². The summed E-state index contributed by atoms with van der Waals surface area (Å²) in [5.41, 5.74) is 2.11. The van der Waals surface area contributed by atoms with Crippen molar-refractivity contribution < 1.29 is 14.0 Å². The van der Waals surface area contributed by atoms with Gasteiger partial charge in [-0.3, -0.25) is 14.5 Å². The topological polar surface area (TPSA) is 73.2 Å². The number of carbonyl (C=O) groups is 2. The van der Waals surface area contributed by atoms with E-state index >= 15 is 0 Å². The van der Waals surface area contributed by atoms with Gasteiger partial charge in [0.1, 0.15) is 22.5 Å². The zero-order valence-corrected chi connectivity index (χ0v) is 20.3. The van der Waals surface area contributed by atoms with Crippen molar-refractivity contribution in [1.29, 1.82) is 5.26 Å². The smallest absolute Gasteiger partial charge is 0.264 e. The van der Waals surface area contributed by atoms with E-state index in [0.717, 1.165) is 15.6 Å². The van der Waals surface area contributed by atoms with Crippen LogP contribution in [0.25, 0.3) is 0 Å². The van der Waals surface area contributed by atoms with Gasteiger partial charge < -0.3 is 5.32 Å². The monoisotopic (exact) mass is 535 g/mol. The molecule has 3 aromatic rings. The Morgan fingerprint density at radius 1 is 1.03 bits per heavy atom. The first-order chi connectivity index (χ1) is 16.5. The van der Waals surface area contributed by atoms with Crippen molar-refractivity contribution >= 4 is 45.2 Å². The van der Waals surface area contributed by atoms with E-state index in [1.165, 1.54) is 28.8 Å². The number of rotatable bonds is 6. The highest BCUT2D eigenvalue weighted by atomic mass is 79.9. The third-order valence-electron chi connectivity index (χ3n) is 5.22. The number of nitrogens with one attached hydrogen (secondary N) is 1. The number of nitriles is 1. The number of thioether (sulfide) groups is 1. The van der Waals surface area contributed by atoms with E-state index in [1.54, 1.807) is 36.4 Å². The molecule has 1 heterocycles. The minimum absolute atomic E-state index is 0.126. The van der Waals surface area contributed by atoms with E-state index in [1.807, 2.05) is 36.4 Å². The Morgan fingerprint density at radius 2 is 1.71 bits per heavy atom. The van der Waals surface area contributed by atoms with Crippen molar-refractivity contribution in [2.24, 2.45) is 0 Å². The number of nitrogens with zero attached hydrogens (tertiary/aromatic N) is 2. The maximum absolute atomic E-state index is 13.4. The van der Waals surface area contributed by atoms with Crippen LogP contribution in [0, 0.1) is 17.1 Å². The molecule has 1 N–H and O–H groups in total. The van der Waals surface area contributed by atoms with Gasteiger partial charge in [0, 0.05) is 16.7 Å². The number of halogens is 2. The highest BCUT2D eigenvalue weighted by Crippen LogP contribution is 2.42. The summed E-state index contributed by atoms with van der Waals surface area (Å²) < 4.78 is 14.2. The van der Waals surface area contributed by atoms with Crippen molar-refractivity contribution in [2.75, 3.05) is 4.90 Å². The summed E-state index contributed by atoms with van der Waals surface area (Å²) in [6.45, 7) is 0.258. The molecule has 8 heteroatoms. The normalized spacial score (nSPS) is 16.8. The molecule has 3 aromatic carbocycles. The van der Waals surface area contributed by atoms with Crippen molar-refractivity contribution in [2.45, 2.75) is 18.2 Å². The van der Waals surface area contributed by atoms with Gasteiger partial charge in [-0.25, -0.2) is 4.39 Å². The molecular formula is C26H19BrFN3O2S. The lowest BCUT2D eigenvalue weighted by atomic mass is 10.1. The molecule has 0 unspecified atom stereocenters. The molecule has 0 aliphatic carbocycles. The van der Waals surface area contributed by atoms with Crippen LogP contribution in [0.5, 0.6) is 0 Å². The number of amides is 2. The molecule has 4 rings (SSSR count). The third kappa shape index (κ3) is 5.38. The second kappa shape index (κ2) is 10.7. The molecule has 34 heavy (non-hydrogen) atoms. The van der Waals surface area contributed by atoms with E-state index in [4.69, 9.17) is 0 Å². The average molecular weight is 536 g/mol. The Bertz CT molecular complexity index is 1270. The predicted octanol–water partition coefficient (Wildman–Crippen LogP) is 5.33. The van der Waals surface area contributed by atoms with E-state index < -0.39 is 11.2 Å². The van der Waals surface area contributed by atoms with Crippen molar-refractivity contribution in [3.05, 3.63) is 111 Å². The number of carbonyl (C=O) groups excluding carboxylic acids is 2. The summed E-state index contributed by atoms with van der Waals surface area (Å²) in [5, 5.41) is 12.4. The van der Waals surface area contributed by atoms with Crippen molar-refractivity contribution in [1.82, 2.24) is 5.32 Å². The summed E-state index contributed by atoms with van der Waals surface area (Å²) in [6.07, 6.45) is 0.338. The first-order valence-electron chi connectivity index (χ1n) is 10.4. The Morgan fingerprint density at radius 3 is 2.35 bits per heavy atom. The lowest BCUT2D eigenvalue weighted by molar-refractivity contribution is -0.117. The molecule has 5 nitrogen and oxygen atoms in total. The van der Waals surface area contributed by atoms with Gasteiger partial charge in [0.2, 0.25) is 5.91 Å². The molecule has 0 saturated carbocycles. The number of hydrogen-bond donors (Lipinski definition) is 1. The molecule has 0 spiro atoms. The predicted molar refractivity (Wildman–Crippen MR) is 134 cm³/mol. The Hall–Kier alpha value is -3.41. The van der Waals surface area contributed by atoms with Crippen LogP contribution in [0.1, 0.15) is 11.1 Å². The minimum Gasteiger partial charge on any atom is -0.347 e. The van der Waals surface area contributed by atoms with E-state index in [-0.39, 0.29) is 28.9 Å². The highest BCUT2D eigenvalue weighted by molar-refractivity contribution is 9.10. The SMILES string of the molecule is N#C/C(C(=O)NCc1ccccc1)=C1/S[C@H](Cc2ccc(F)cc2)C(=O)N1c1ccc(Br)cc1. The molecule has 170 valence electrons. The molecule has 2 amide bonds. The maximum atomic E-state index is 13.4. The van der Waals surface area contributed by atoms with Crippen LogP contribution in [0.4, 0.5) is 10.1 Å². The third-order valence-corrected chi connectivity index (χ3v) is 7.01. The second-order valence-corrected chi connectivity index (χ2v) is 9.65. The van der Waals surface area contributed by atoms with Gasteiger partial charge in [-0.05, 0) is 53.9 Å². The fourth-order valence-corrected chi connectivity index (χ4v) is 5.09. The summed E-state index contributed by atoms with van der Waals surface area (Å²) in [5.74, 6) is -1.14. The van der Waals surface area contributed by atoms with Crippen LogP contribution >= 0.6 is 27.7 Å². The highest BCUT2D eigenvalue weighted by Gasteiger charge is 2.40. The molecule has 0 aromatic heterocycles. The molecule has 1 aliphatic rings. The zero-order chi connectivity index (χ0) is 24.1. The largest absolute Gasteiger partial charge is 0.347 e. The molecule has 0 bridgehead atoms. The van der Waals surface area contributed by atoms with Crippen molar-refractivity contribution in [3.63, 3.8) is 0 Å². The average Bonchev–Trinajstić information content (AvgIpc) is 3.16. The van der Waals surface area contributed by atoms with Crippen LogP contribution in [0.2, 0.25) is 0 Å². The first-order valence-corrected chi connectivity index (χ1v) is 12.1. The van der Waals surface area contributed by atoms with Gasteiger partial charge in [0.15, 0.2) is 0 Å². The number of hydrogen-bond acceptors (Lipinski definition) is 4. The van der Waals surface area contributed by atoms with Gasteiger partial charge in [0.25, 0.3) is 5.91 Å². The Kier molecular flexibility index (Phi) is 7.46. The second-order valence-electron chi connectivity index (χ2n) is 7.55. The van der Waals surface area contributed by atoms with Gasteiger partial charge >= 0.3 is 0 Å². The fourth-order valence-electron chi connectivity index (χ4n) is 3.51. The van der Waals surface area contributed by atoms with Crippen molar-refractivity contribution in [3.8, 4) is 6.07 Å². The van der Waals surface area contributed by atoms with Gasteiger partial charge in [0.05, 0.1) is 5.25 Å². The lowest BCUT2D eigenvalue weighted by Gasteiger charge is -2.19. The van der Waals surface area contributed by atoms with Crippen LogP contribution in [0.3, 0.4) is 0 Å². The molecule has 1 fully saturated rings. The first kappa shape index (κ1) is 23.7. The molecule has 1 aliphatic heterocycles. The summed E-state index contributed by atoms with van der Waals surface area (Å²) >= 11 is 4.56. The summed E-state index contributed by atoms with van der Waals surface area (Å²) in [6, 6.07) is 24.4. The Balaban J connectivity index is 1.66. The van der Waals surface area contributed by atoms with Crippen LogP contribution in [0.15, 0.2) is 93.9 Å². The van der Waals surface area contributed by atoms with E-state index in [9.17, 15) is 19.2 Å². The molecule has 1 saturated heterocycles. The summed E-state index contributed by atoms with van der Waals surface area (Å²) in [4.78, 5) is 27.8. The van der Waals surface area contributed by atoms with Crippen LogP contribution in [-0.4, -0.2) is 17.1 Å². The van der Waals surface area contributed by atoms with E-state index in [2.05, 4.69) is 21.2 Å². The lowest BCUT2D eigenvalue weighted by Crippen LogP contribution is -2.32. The van der Waals surface area contributed by atoms with Crippen LogP contribution < -0.4 is 10.2 Å². The van der Waals surface area contributed by atoms with Gasteiger partial charge in [-0.15, -0.1) is 0 Å². The quantitative estimate of drug-likeness (QED) is 0.342. The van der Waals surface area contributed by atoms with Gasteiger partial charge in [-0.1, -0.05) is 70.2 Å². The zero-order valence-electron chi connectivity index (χ0n) is 17.9. The molecule has 1 atom stereocenters. The molecule has 0 radical (unpaired) electrons. The standard InChI is InChI=1S/C26H19BrFN3O2S/c27-19-8-12-21(13-9-19)31-25(33)23(14-17-6-10-20(28)11-7-17)34-26(31)22(15-29)24(32)30-16-18-4-2-1-3-5-18/h1-13,23H,14,16H2,(H,30,32)/b26-22-/t23-/m1/s1. The minimum atomic E-state index is -0.561.